The topological polar surface area (TPSA) is 122 Å². The van der Waals surface area contributed by atoms with Crippen molar-refractivity contribution in [1.82, 2.24) is 24.1 Å². The van der Waals surface area contributed by atoms with Gasteiger partial charge in [-0.15, -0.1) is 21.5 Å². The average molecular weight is 482 g/mol. The van der Waals surface area contributed by atoms with E-state index < -0.39 is 5.97 Å². The van der Waals surface area contributed by atoms with Crippen molar-refractivity contribution in [2.24, 2.45) is 0 Å². The Morgan fingerprint density at radius 2 is 2.03 bits per heavy atom. The molecule has 0 amide bonds. The predicted octanol–water partition coefficient (Wildman–Crippen LogP) is 3.66. The van der Waals surface area contributed by atoms with Crippen LogP contribution in [-0.4, -0.2) is 35.2 Å². The van der Waals surface area contributed by atoms with Crippen molar-refractivity contribution in [3.8, 4) is 0 Å². The molecule has 0 aliphatic rings. The number of thiophene rings is 1. The lowest BCUT2D eigenvalue weighted by Gasteiger charge is -2.10. The molecule has 9 nitrogen and oxygen atoms in total. The Kier molecular flexibility index (Phi) is 5.29. The van der Waals surface area contributed by atoms with Crippen LogP contribution < -0.4 is 11.1 Å². The molecule has 5 rings (SSSR count). The van der Waals surface area contributed by atoms with Crippen LogP contribution in [0.15, 0.2) is 45.1 Å². The van der Waals surface area contributed by atoms with Crippen molar-refractivity contribution >= 4 is 56.0 Å². The van der Waals surface area contributed by atoms with Gasteiger partial charge in [0.2, 0.25) is 11.3 Å². The van der Waals surface area contributed by atoms with Crippen molar-refractivity contribution in [3.63, 3.8) is 0 Å². The van der Waals surface area contributed by atoms with Crippen LogP contribution >= 0.6 is 23.1 Å². The first-order valence-electron chi connectivity index (χ1n) is 10.3. The number of thioether (sulfide) groups is 1. The zero-order valence-electron chi connectivity index (χ0n) is 17.8. The molecule has 4 aromatic heterocycles. The molecule has 33 heavy (non-hydrogen) atoms. The lowest BCUT2D eigenvalue weighted by atomic mass is 10.1. The first-order valence-corrected chi connectivity index (χ1v) is 12.1. The summed E-state index contributed by atoms with van der Waals surface area (Å²) in [6, 6.07) is 8.84. The van der Waals surface area contributed by atoms with Crippen LogP contribution in [0.25, 0.3) is 26.9 Å². The number of hydrogen-bond acceptors (Lipinski definition) is 7. The van der Waals surface area contributed by atoms with Crippen LogP contribution in [0.2, 0.25) is 0 Å². The minimum absolute atomic E-state index is 0.102. The standard InChI is InChI=1S/C22H19N5O4S2/c1-3-8-26-19(29)13-6-4-5-7-14(13)27-21(26)24-25-22(27)32-10-12-9-15(28)23-18-16(12)11(2)17(33-18)20(30)31/h4-7,9H,3,8,10H2,1-2H3,(H,23,28)(H,30,31). The smallest absolute Gasteiger partial charge is 0.346 e. The molecule has 0 unspecified atom stereocenters. The van der Waals surface area contributed by atoms with Gasteiger partial charge in [0.25, 0.3) is 5.56 Å². The summed E-state index contributed by atoms with van der Waals surface area (Å²) in [6.45, 7) is 4.27. The molecule has 0 bridgehead atoms. The van der Waals surface area contributed by atoms with Gasteiger partial charge < -0.3 is 10.1 Å². The van der Waals surface area contributed by atoms with Gasteiger partial charge in [-0.25, -0.2) is 4.79 Å². The first kappa shape index (κ1) is 21.4. The normalized spacial score (nSPS) is 11.7. The van der Waals surface area contributed by atoms with Crippen molar-refractivity contribution in [1.29, 1.82) is 0 Å². The number of aromatic amines is 1. The number of hydrogen-bond donors (Lipinski definition) is 2. The SMILES string of the molecule is CCCn1c(=O)c2ccccc2n2c(SCc3cc(=O)[nH]c4sc(C(=O)O)c(C)c34)nnc12. The largest absolute Gasteiger partial charge is 0.477 e. The highest BCUT2D eigenvalue weighted by Crippen LogP contribution is 2.34. The van der Waals surface area contributed by atoms with Crippen LogP contribution in [0.3, 0.4) is 0 Å². The van der Waals surface area contributed by atoms with E-state index in [0.717, 1.165) is 28.7 Å². The minimum Gasteiger partial charge on any atom is -0.477 e. The molecular weight excluding hydrogens is 462 g/mol. The highest BCUT2D eigenvalue weighted by atomic mass is 32.2. The maximum atomic E-state index is 13.0. The fourth-order valence-electron chi connectivity index (χ4n) is 4.08. The summed E-state index contributed by atoms with van der Waals surface area (Å²) in [6.07, 6.45) is 0.775. The Balaban J connectivity index is 1.65. The number of para-hydroxylation sites is 1. The van der Waals surface area contributed by atoms with Gasteiger partial charge in [0.15, 0.2) is 5.16 Å². The van der Waals surface area contributed by atoms with Crippen molar-refractivity contribution < 1.29 is 9.90 Å². The lowest BCUT2D eigenvalue weighted by Crippen LogP contribution is -2.23. The number of carbonyl (C=O) groups is 1. The van der Waals surface area contributed by atoms with E-state index in [9.17, 15) is 19.5 Å². The van der Waals surface area contributed by atoms with Crippen LogP contribution in [-0.2, 0) is 12.3 Å². The molecule has 0 spiro atoms. The third-order valence-corrected chi connectivity index (χ3v) is 7.66. The van der Waals surface area contributed by atoms with Crippen molar-refractivity contribution in [2.75, 3.05) is 0 Å². The van der Waals surface area contributed by atoms with Crippen LogP contribution in [0.4, 0.5) is 0 Å². The Bertz CT molecular complexity index is 1680. The van der Waals surface area contributed by atoms with Gasteiger partial charge in [-0.05, 0) is 36.6 Å². The molecule has 0 aliphatic heterocycles. The predicted molar refractivity (Wildman–Crippen MR) is 129 cm³/mol. The van der Waals surface area contributed by atoms with Gasteiger partial charge in [0.1, 0.15) is 9.71 Å². The van der Waals surface area contributed by atoms with Crippen molar-refractivity contribution in [3.05, 3.63) is 67.0 Å². The number of carboxylic acids is 1. The Morgan fingerprint density at radius 3 is 2.79 bits per heavy atom. The van der Waals surface area contributed by atoms with E-state index in [1.165, 1.54) is 17.8 Å². The molecule has 11 heteroatoms. The summed E-state index contributed by atoms with van der Waals surface area (Å²) in [5, 5.41) is 20.0. The Hall–Kier alpha value is -3.44. The summed E-state index contributed by atoms with van der Waals surface area (Å²) in [5.74, 6) is -0.157. The van der Waals surface area contributed by atoms with E-state index in [-0.39, 0.29) is 16.0 Å². The number of aryl methyl sites for hydroxylation is 2. The number of nitrogens with zero attached hydrogens (tertiary/aromatic N) is 4. The maximum Gasteiger partial charge on any atom is 0.346 e. The summed E-state index contributed by atoms with van der Waals surface area (Å²) in [7, 11) is 0. The Labute approximate surface area is 194 Å². The van der Waals surface area contributed by atoms with Crippen LogP contribution in [0, 0.1) is 6.92 Å². The maximum absolute atomic E-state index is 13.0. The number of H-pyrrole nitrogens is 1. The van der Waals surface area contributed by atoms with E-state index in [1.807, 2.05) is 29.5 Å². The summed E-state index contributed by atoms with van der Waals surface area (Å²) in [5.41, 5.74) is 1.68. The summed E-state index contributed by atoms with van der Waals surface area (Å²) in [4.78, 5) is 40.3. The molecule has 0 aliphatic carbocycles. The van der Waals surface area contributed by atoms with E-state index in [1.54, 1.807) is 17.6 Å². The van der Waals surface area contributed by atoms with Gasteiger partial charge in [-0.1, -0.05) is 30.8 Å². The second kappa shape index (κ2) is 8.16. The molecule has 5 aromatic rings. The molecular formula is C22H19N5O4S2. The third-order valence-electron chi connectivity index (χ3n) is 5.49. The van der Waals surface area contributed by atoms with E-state index in [4.69, 9.17) is 0 Å². The second-order valence-corrected chi connectivity index (χ2v) is 9.57. The van der Waals surface area contributed by atoms with Crippen molar-refractivity contribution in [2.45, 2.75) is 37.7 Å². The van der Waals surface area contributed by atoms with Gasteiger partial charge in [-0.2, -0.15) is 0 Å². The second-order valence-electron chi connectivity index (χ2n) is 7.60. The molecule has 0 atom stereocenters. The summed E-state index contributed by atoms with van der Waals surface area (Å²) < 4.78 is 3.50. The molecule has 0 saturated heterocycles. The molecule has 2 N–H and O–H groups in total. The highest BCUT2D eigenvalue weighted by Gasteiger charge is 2.20. The van der Waals surface area contributed by atoms with E-state index in [0.29, 0.717) is 44.5 Å². The number of benzene rings is 1. The molecule has 0 fully saturated rings. The number of aromatic carboxylic acids is 1. The molecule has 4 heterocycles. The minimum atomic E-state index is -1.02. The van der Waals surface area contributed by atoms with Gasteiger partial charge >= 0.3 is 5.97 Å². The van der Waals surface area contributed by atoms with Crippen LogP contribution in [0.1, 0.15) is 34.1 Å². The van der Waals surface area contributed by atoms with Gasteiger partial charge in [0, 0.05) is 23.8 Å². The Morgan fingerprint density at radius 1 is 1.24 bits per heavy atom. The average Bonchev–Trinajstić information content (AvgIpc) is 3.36. The van der Waals surface area contributed by atoms with Gasteiger partial charge in [-0.3, -0.25) is 18.6 Å². The van der Waals surface area contributed by atoms with E-state index in [2.05, 4.69) is 15.2 Å². The van der Waals surface area contributed by atoms with Crippen LogP contribution in [0.5, 0.6) is 0 Å². The number of pyridine rings is 1. The zero-order chi connectivity index (χ0) is 23.3. The number of nitrogens with one attached hydrogen (secondary N) is 1. The number of fused-ring (bicyclic) bond motifs is 4. The zero-order valence-corrected chi connectivity index (χ0v) is 19.4. The number of rotatable bonds is 6. The molecule has 0 saturated carbocycles. The quantitative estimate of drug-likeness (QED) is 0.355. The monoisotopic (exact) mass is 481 g/mol. The van der Waals surface area contributed by atoms with Gasteiger partial charge in [0.05, 0.1) is 10.9 Å². The summed E-state index contributed by atoms with van der Waals surface area (Å²) >= 11 is 2.45. The first-order chi connectivity index (χ1) is 15.9. The molecule has 0 radical (unpaired) electrons. The number of carboxylic acid groups (broad SMARTS) is 1. The number of aromatic nitrogens is 5. The lowest BCUT2D eigenvalue weighted by molar-refractivity contribution is 0.0701. The fourth-order valence-corrected chi connectivity index (χ4v) is 6.08. The molecule has 168 valence electrons. The highest BCUT2D eigenvalue weighted by molar-refractivity contribution is 7.98. The third kappa shape index (κ3) is 3.44. The van der Waals surface area contributed by atoms with E-state index >= 15 is 0 Å². The molecule has 1 aromatic carbocycles. The fraction of sp³-hybridized carbons (Fsp3) is 0.227.